The average molecular weight is 370 g/mol. The second-order valence-electron chi connectivity index (χ2n) is 8.35. The molecule has 0 unspecified atom stereocenters. The van der Waals surface area contributed by atoms with E-state index in [1.165, 1.54) is 129 Å². The molecule has 0 saturated carbocycles. The van der Waals surface area contributed by atoms with Crippen LogP contribution in [0, 0.1) is 0 Å². The Morgan fingerprint density at radius 2 is 0.846 bits per heavy atom. The van der Waals surface area contributed by atoms with Crippen LogP contribution in [0.1, 0.15) is 109 Å². The monoisotopic (exact) mass is 369 g/mol. The van der Waals surface area contributed by atoms with Crippen LogP contribution in [0.15, 0.2) is 0 Å². The van der Waals surface area contributed by atoms with Crippen molar-refractivity contribution in [1.29, 1.82) is 0 Å². The summed E-state index contributed by atoms with van der Waals surface area (Å²) < 4.78 is 0. The van der Waals surface area contributed by atoms with Crippen molar-refractivity contribution < 1.29 is 0 Å². The van der Waals surface area contributed by atoms with Gasteiger partial charge in [-0.25, -0.2) is 0 Å². The van der Waals surface area contributed by atoms with E-state index < -0.39 is 0 Å². The molecule has 0 heterocycles. The molecule has 3 nitrogen and oxygen atoms in total. The standard InChI is InChI=1S/C23H51N3/c1-26(2)23-19-22-25-21-18-16-14-12-10-8-6-4-3-5-7-9-11-13-15-17-20-24/h25H,3-24H2,1-2H3. The zero-order chi connectivity index (χ0) is 19.1. The Balaban J connectivity index is 2.97. The van der Waals surface area contributed by atoms with E-state index in [2.05, 4.69) is 24.3 Å². The molecule has 158 valence electrons. The van der Waals surface area contributed by atoms with Crippen LogP contribution in [0.2, 0.25) is 0 Å². The van der Waals surface area contributed by atoms with E-state index in [4.69, 9.17) is 5.73 Å². The van der Waals surface area contributed by atoms with Gasteiger partial charge >= 0.3 is 0 Å². The van der Waals surface area contributed by atoms with Crippen LogP contribution in [-0.4, -0.2) is 45.2 Å². The van der Waals surface area contributed by atoms with Crippen LogP contribution >= 0.6 is 0 Å². The number of hydrogen-bond acceptors (Lipinski definition) is 3. The summed E-state index contributed by atoms with van der Waals surface area (Å²) in [6, 6.07) is 0. The van der Waals surface area contributed by atoms with Crippen molar-refractivity contribution in [3.8, 4) is 0 Å². The minimum Gasteiger partial charge on any atom is -0.330 e. The Morgan fingerprint density at radius 3 is 1.23 bits per heavy atom. The van der Waals surface area contributed by atoms with Crippen molar-refractivity contribution in [2.75, 3.05) is 40.3 Å². The highest BCUT2D eigenvalue weighted by Gasteiger charge is 1.95. The quantitative estimate of drug-likeness (QED) is 0.239. The highest BCUT2D eigenvalue weighted by Crippen LogP contribution is 2.13. The van der Waals surface area contributed by atoms with Gasteiger partial charge in [0.15, 0.2) is 0 Å². The van der Waals surface area contributed by atoms with Gasteiger partial charge in [-0.05, 0) is 59.5 Å². The summed E-state index contributed by atoms with van der Waals surface area (Å²) in [7, 11) is 4.29. The fourth-order valence-electron chi connectivity index (χ4n) is 3.51. The van der Waals surface area contributed by atoms with E-state index in [1.54, 1.807) is 0 Å². The zero-order valence-corrected chi connectivity index (χ0v) is 18.4. The van der Waals surface area contributed by atoms with Crippen LogP contribution < -0.4 is 11.1 Å². The van der Waals surface area contributed by atoms with E-state index in [0.717, 1.165) is 6.54 Å². The summed E-state index contributed by atoms with van der Waals surface area (Å²) in [6.45, 7) is 4.45. The van der Waals surface area contributed by atoms with Crippen molar-refractivity contribution in [3.05, 3.63) is 0 Å². The molecule has 0 bridgehead atoms. The maximum absolute atomic E-state index is 5.51. The van der Waals surface area contributed by atoms with Crippen molar-refractivity contribution in [3.63, 3.8) is 0 Å². The van der Waals surface area contributed by atoms with Crippen molar-refractivity contribution in [1.82, 2.24) is 10.2 Å². The maximum atomic E-state index is 5.51. The van der Waals surface area contributed by atoms with Gasteiger partial charge in [-0.1, -0.05) is 89.9 Å². The third kappa shape index (κ3) is 23.9. The molecular weight excluding hydrogens is 318 g/mol. The second kappa shape index (κ2) is 22.9. The number of nitrogens with one attached hydrogen (secondary N) is 1. The molecule has 0 aromatic rings. The van der Waals surface area contributed by atoms with Gasteiger partial charge < -0.3 is 16.0 Å². The third-order valence-corrected chi connectivity index (χ3v) is 5.27. The predicted octanol–water partition coefficient (Wildman–Crippen LogP) is 5.73. The normalized spacial score (nSPS) is 11.5. The van der Waals surface area contributed by atoms with Gasteiger partial charge in [-0.3, -0.25) is 0 Å². The molecule has 0 rings (SSSR count). The smallest absolute Gasteiger partial charge is 0.00127 e. The van der Waals surface area contributed by atoms with Crippen LogP contribution in [0.3, 0.4) is 0 Å². The zero-order valence-electron chi connectivity index (χ0n) is 18.4. The Hall–Kier alpha value is -0.120. The molecule has 0 atom stereocenters. The molecule has 3 N–H and O–H groups in total. The number of nitrogens with two attached hydrogens (primary N) is 1. The van der Waals surface area contributed by atoms with E-state index in [9.17, 15) is 0 Å². The first-order chi connectivity index (χ1) is 12.8. The van der Waals surface area contributed by atoms with Gasteiger partial charge in [0.2, 0.25) is 0 Å². The summed E-state index contributed by atoms with van der Waals surface area (Å²) in [5.74, 6) is 0. The van der Waals surface area contributed by atoms with Gasteiger partial charge in [0, 0.05) is 0 Å². The molecule has 0 aliphatic heterocycles. The number of unbranched alkanes of at least 4 members (excludes halogenated alkanes) is 15. The lowest BCUT2D eigenvalue weighted by Crippen LogP contribution is -2.22. The molecule has 0 saturated heterocycles. The summed E-state index contributed by atoms with van der Waals surface area (Å²) >= 11 is 0. The predicted molar refractivity (Wildman–Crippen MR) is 119 cm³/mol. The third-order valence-electron chi connectivity index (χ3n) is 5.27. The van der Waals surface area contributed by atoms with Crippen molar-refractivity contribution in [2.45, 2.75) is 109 Å². The molecule has 26 heavy (non-hydrogen) atoms. The van der Waals surface area contributed by atoms with Crippen molar-refractivity contribution in [2.24, 2.45) is 5.73 Å². The van der Waals surface area contributed by atoms with Crippen LogP contribution in [0.5, 0.6) is 0 Å². The van der Waals surface area contributed by atoms with E-state index in [0.29, 0.717) is 0 Å². The fourth-order valence-corrected chi connectivity index (χ4v) is 3.51. The van der Waals surface area contributed by atoms with Crippen molar-refractivity contribution >= 4 is 0 Å². The highest BCUT2D eigenvalue weighted by atomic mass is 15.0. The van der Waals surface area contributed by atoms with E-state index in [1.807, 2.05) is 0 Å². The Kier molecular flexibility index (Phi) is 22.8. The van der Waals surface area contributed by atoms with Gasteiger partial charge in [-0.2, -0.15) is 0 Å². The first kappa shape index (κ1) is 25.9. The number of nitrogens with zero attached hydrogens (tertiary/aromatic N) is 1. The molecule has 3 heteroatoms. The van der Waals surface area contributed by atoms with Gasteiger partial charge in [-0.15, -0.1) is 0 Å². The molecule has 0 aliphatic carbocycles. The first-order valence-electron chi connectivity index (χ1n) is 11.8. The van der Waals surface area contributed by atoms with Gasteiger partial charge in [0.25, 0.3) is 0 Å². The molecule has 0 aromatic carbocycles. The van der Waals surface area contributed by atoms with E-state index >= 15 is 0 Å². The van der Waals surface area contributed by atoms with Crippen LogP contribution in [0.25, 0.3) is 0 Å². The highest BCUT2D eigenvalue weighted by molar-refractivity contribution is 4.53. The lowest BCUT2D eigenvalue weighted by molar-refractivity contribution is 0.393. The lowest BCUT2D eigenvalue weighted by atomic mass is 10.0. The lowest BCUT2D eigenvalue weighted by Gasteiger charge is -2.09. The number of hydrogen-bond donors (Lipinski definition) is 2. The average Bonchev–Trinajstić information content (AvgIpc) is 2.62. The molecular formula is C23H51N3. The number of rotatable bonds is 22. The first-order valence-corrected chi connectivity index (χ1v) is 11.8. The molecule has 0 aromatic heterocycles. The summed E-state index contributed by atoms with van der Waals surface area (Å²) in [5.41, 5.74) is 5.51. The molecule has 0 amide bonds. The fraction of sp³-hybridized carbons (Fsp3) is 1.00. The molecule has 0 radical (unpaired) electrons. The maximum Gasteiger partial charge on any atom is -0.00127 e. The second-order valence-corrected chi connectivity index (χ2v) is 8.35. The summed E-state index contributed by atoms with van der Waals surface area (Å²) in [4.78, 5) is 2.26. The van der Waals surface area contributed by atoms with Crippen LogP contribution in [-0.2, 0) is 0 Å². The van der Waals surface area contributed by atoms with E-state index in [-0.39, 0.29) is 0 Å². The Morgan fingerprint density at radius 1 is 0.500 bits per heavy atom. The Bertz CT molecular complexity index is 244. The van der Waals surface area contributed by atoms with Gasteiger partial charge in [0.1, 0.15) is 0 Å². The molecule has 0 fully saturated rings. The SMILES string of the molecule is CN(C)CCCNCCCCCCCCCCCCCCCCCCN. The topological polar surface area (TPSA) is 41.3 Å². The minimum atomic E-state index is 0.870. The molecule has 0 aliphatic rings. The summed E-state index contributed by atoms with van der Waals surface area (Å²) in [5, 5.41) is 3.56. The Labute approximate surface area is 165 Å². The largest absolute Gasteiger partial charge is 0.330 e. The minimum absolute atomic E-state index is 0.870. The molecule has 0 spiro atoms. The van der Waals surface area contributed by atoms with Gasteiger partial charge in [0.05, 0.1) is 0 Å². The van der Waals surface area contributed by atoms with Crippen LogP contribution in [0.4, 0.5) is 0 Å². The summed E-state index contributed by atoms with van der Waals surface area (Å²) in [6.07, 6.45) is 23.9.